The van der Waals surface area contributed by atoms with Gasteiger partial charge in [-0.05, 0) is 51.7 Å². The van der Waals surface area contributed by atoms with Crippen LogP contribution in [0.2, 0.25) is 0 Å². The first kappa shape index (κ1) is 27.4. The number of aliphatic hydroxyl groups is 2. The summed E-state index contributed by atoms with van der Waals surface area (Å²) in [7, 11) is 0. The van der Waals surface area contributed by atoms with Crippen molar-refractivity contribution in [1.82, 2.24) is 4.98 Å². The molecule has 0 fully saturated rings. The zero-order chi connectivity index (χ0) is 24.8. The Morgan fingerprint density at radius 3 is 2.58 bits per heavy atom. The summed E-state index contributed by atoms with van der Waals surface area (Å²) in [5.74, 6) is -1.42. The van der Waals surface area contributed by atoms with Gasteiger partial charge in [-0.25, -0.2) is 4.98 Å². The number of allylic oxidation sites excluding steroid dienone is 1. The minimum atomic E-state index is -1.21. The van der Waals surface area contributed by atoms with Crippen LogP contribution in [-0.2, 0) is 14.3 Å². The number of rotatable bonds is 2. The molecule has 0 bridgehead atoms. The van der Waals surface area contributed by atoms with Crippen molar-refractivity contribution in [3.63, 3.8) is 0 Å². The van der Waals surface area contributed by atoms with E-state index >= 15 is 0 Å². The number of carbonyl (C=O) groups excluding carboxylic acids is 2. The van der Waals surface area contributed by atoms with Crippen LogP contribution in [0.25, 0.3) is 6.08 Å². The molecule has 0 saturated carbocycles. The number of cyclic esters (lactones) is 1. The molecule has 0 aliphatic carbocycles. The van der Waals surface area contributed by atoms with E-state index in [4.69, 9.17) is 4.74 Å². The molecule has 0 radical (unpaired) electrons. The highest BCUT2D eigenvalue weighted by atomic mass is 32.1. The molecule has 2 N–H and O–H groups in total. The fourth-order valence-electron chi connectivity index (χ4n) is 4.06. The molecule has 0 spiro atoms. The molecule has 0 amide bonds. The monoisotopic (exact) mass is 477 g/mol. The first-order chi connectivity index (χ1) is 15.4. The molecule has 0 unspecified atom stereocenters. The third kappa shape index (κ3) is 7.87. The van der Waals surface area contributed by atoms with Gasteiger partial charge in [-0.1, -0.05) is 38.8 Å². The maximum atomic E-state index is 13.0. The minimum Gasteiger partial charge on any atom is -0.457 e. The molecular weight excluding hydrogens is 438 g/mol. The first-order valence-corrected chi connectivity index (χ1v) is 12.7. The van der Waals surface area contributed by atoms with Crippen molar-refractivity contribution in [2.45, 2.75) is 98.4 Å². The summed E-state index contributed by atoms with van der Waals surface area (Å²) in [6, 6.07) is 0. The second kappa shape index (κ2) is 12.0. The maximum Gasteiger partial charge on any atom is 0.309 e. The smallest absolute Gasteiger partial charge is 0.309 e. The molecule has 0 saturated heterocycles. The number of nitrogens with zero attached hydrogens (tertiary/aromatic N) is 1. The van der Waals surface area contributed by atoms with E-state index < -0.39 is 35.6 Å². The fourth-order valence-corrected chi connectivity index (χ4v) is 4.63. The molecule has 6 nitrogen and oxygen atoms in total. The van der Waals surface area contributed by atoms with Crippen LogP contribution < -0.4 is 0 Å². The highest BCUT2D eigenvalue weighted by molar-refractivity contribution is 7.09. The van der Waals surface area contributed by atoms with Gasteiger partial charge in [0.05, 0.1) is 34.7 Å². The number of carbonyl (C=O) groups is 2. The Labute approximate surface area is 201 Å². The Hall–Kier alpha value is -1.83. The highest BCUT2D eigenvalue weighted by Crippen LogP contribution is 2.31. The molecule has 0 aromatic carbocycles. The van der Waals surface area contributed by atoms with E-state index in [-0.39, 0.29) is 12.2 Å². The number of hydrogen-bond donors (Lipinski definition) is 2. The predicted molar refractivity (Wildman–Crippen MR) is 132 cm³/mol. The number of thiazole rings is 1. The van der Waals surface area contributed by atoms with E-state index in [0.717, 1.165) is 35.5 Å². The number of ether oxygens (including phenoxy) is 1. The van der Waals surface area contributed by atoms with Crippen molar-refractivity contribution in [2.75, 3.05) is 0 Å². The minimum absolute atomic E-state index is 0.245. The van der Waals surface area contributed by atoms with Gasteiger partial charge >= 0.3 is 5.97 Å². The number of aliphatic hydroxyl groups excluding tert-OH is 2. The van der Waals surface area contributed by atoms with Crippen molar-refractivity contribution in [3.8, 4) is 0 Å². The topological polar surface area (TPSA) is 96.7 Å². The summed E-state index contributed by atoms with van der Waals surface area (Å²) >= 11 is 1.56. The zero-order valence-corrected chi connectivity index (χ0v) is 21.6. The van der Waals surface area contributed by atoms with Gasteiger partial charge in [0, 0.05) is 17.7 Å². The van der Waals surface area contributed by atoms with Gasteiger partial charge in [0.2, 0.25) is 0 Å². The molecule has 184 valence electrons. The average Bonchev–Trinajstić information content (AvgIpc) is 3.16. The third-order valence-electron chi connectivity index (χ3n) is 6.61. The second-order valence-electron chi connectivity index (χ2n) is 9.85. The molecule has 7 heteroatoms. The van der Waals surface area contributed by atoms with Crippen LogP contribution in [0.1, 0.15) is 83.8 Å². The van der Waals surface area contributed by atoms with Crippen LogP contribution >= 0.6 is 11.3 Å². The molecule has 2 rings (SSSR count). The quantitative estimate of drug-likeness (QED) is 0.459. The summed E-state index contributed by atoms with van der Waals surface area (Å²) in [6.45, 7) is 10.9. The molecule has 1 aromatic heterocycles. The number of Topliss-reactive ketones (excluding diaryl/α,β-unsaturated/α-hetero) is 1. The Morgan fingerprint density at radius 1 is 1.24 bits per heavy atom. The van der Waals surface area contributed by atoms with Crippen molar-refractivity contribution < 1.29 is 24.5 Å². The lowest BCUT2D eigenvalue weighted by molar-refractivity contribution is -0.153. The van der Waals surface area contributed by atoms with Crippen LogP contribution in [0.3, 0.4) is 0 Å². The molecule has 1 aromatic rings. The van der Waals surface area contributed by atoms with Crippen molar-refractivity contribution in [1.29, 1.82) is 0 Å². The maximum absolute atomic E-state index is 13.0. The number of aryl methyl sites for hydroxylation is 1. The molecule has 1 aliphatic heterocycles. The van der Waals surface area contributed by atoms with E-state index in [2.05, 4.69) is 18.0 Å². The second-order valence-corrected chi connectivity index (χ2v) is 10.9. The van der Waals surface area contributed by atoms with Crippen LogP contribution in [0.15, 0.2) is 22.6 Å². The Bertz CT molecular complexity index is 885. The van der Waals surface area contributed by atoms with E-state index in [1.165, 1.54) is 5.57 Å². The average molecular weight is 478 g/mol. The van der Waals surface area contributed by atoms with Gasteiger partial charge in [-0.2, -0.15) is 0 Å². The van der Waals surface area contributed by atoms with Gasteiger partial charge in [0.1, 0.15) is 11.9 Å². The Kier molecular flexibility index (Phi) is 10.0. The fraction of sp³-hybridized carbons (Fsp3) is 0.654. The SMILES string of the molecule is C/C1=C/C[C@@H](/C(C)=C/c2csc(C)n2)OC(=O)C[C@H](O)C(C)(C)C(=O)[C@H](C)[C@@H](O)CCCC1. The molecule has 33 heavy (non-hydrogen) atoms. The highest BCUT2D eigenvalue weighted by Gasteiger charge is 2.41. The summed E-state index contributed by atoms with van der Waals surface area (Å²) in [6.07, 6.45) is 4.95. The third-order valence-corrected chi connectivity index (χ3v) is 7.41. The van der Waals surface area contributed by atoms with Gasteiger partial charge in [-0.15, -0.1) is 11.3 Å². The Balaban J connectivity index is 2.29. The predicted octanol–water partition coefficient (Wildman–Crippen LogP) is 5.02. The van der Waals surface area contributed by atoms with E-state index in [9.17, 15) is 19.8 Å². The van der Waals surface area contributed by atoms with E-state index in [1.807, 2.05) is 25.3 Å². The van der Waals surface area contributed by atoms with Crippen LogP contribution in [-0.4, -0.2) is 45.3 Å². The molecule has 2 heterocycles. The van der Waals surface area contributed by atoms with E-state index in [1.54, 1.807) is 32.1 Å². The largest absolute Gasteiger partial charge is 0.457 e. The van der Waals surface area contributed by atoms with Crippen molar-refractivity contribution >= 4 is 29.2 Å². The zero-order valence-electron chi connectivity index (χ0n) is 20.8. The van der Waals surface area contributed by atoms with Crippen LogP contribution in [0.4, 0.5) is 0 Å². The lowest BCUT2D eigenvalue weighted by atomic mass is 9.74. The van der Waals surface area contributed by atoms with Crippen LogP contribution in [0, 0.1) is 18.3 Å². The van der Waals surface area contributed by atoms with Gasteiger partial charge in [0.15, 0.2) is 0 Å². The first-order valence-electron chi connectivity index (χ1n) is 11.8. The van der Waals surface area contributed by atoms with Gasteiger partial charge in [0.25, 0.3) is 0 Å². The van der Waals surface area contributed by atoms with Gasteiger partial charge in [-0.3, -0.25) is 9.59 Å². The van der Waals surface area contributed by atoms with Gasteiger partial charge < -0.3 is 14.9 Å². The lowest BCUT2D eigenvalue weighted by Gasteiger charge is -2.33. The number of ketones is 1. The summed E-state index contributed by atoms with van der Waals surface area (Å²) in [5.41, 5.74) is 1.73. The molecule has 4 atom stereocenters. The molecule has 1 aliphatic rings. The van der Waals surface area contributed by atoms with Crippen molar-refractivity contribution in [3.05, 3.63) is 33.3 Å². The molecular formula is C26H39NO5S. The number of aromatic nitrogens is 1. The summed E-state index contributed by atoms with van der Waals surface area (Å²) < 4.78 is 5.79. The van der Waals surface area contributed by atoms with Crippen LogP contribution in [0.5, 0.6) is 0 Å². The summed E-state index contributed by atoms with van der Waals surface area (Å²) in [5, 5.41) is 24.2. The summed E-state index contributed by atoms with van der Waals surface area (Å²) in [4.78, 5) is 30.3. The van der Waals surface area contributed by atoms with E-state index in [0.29, 0.717) is 12.8 Å². The Morgan fingerprint density at radius 2 is 1.94 bits per heavy atom. The lowest BCUT2D eigenvalue weighted by Crippen LogP contribution is -2.44. The number of hydrogen-bond acceptors (Lipinski definition) is 7. The normalized spacial score (nSPS) is 30.4. The number of esters is 1. The van der Waals surface area contributed by atoms with Crippen molar-refractivity contribution in [2.24, 2.45) is 11.3 Å². The standard InChI is InChI=1S/C26H39NO5S/c1-16-9-7-8-10-21(28)18(3)25(31)26(5,6)23(29)14-24(30)32-22(12-11-16)17(2)13-20-15-33-19(4)27-20/h11,13,15,18,21-23,28-29H,7-10,12,14H2,1-6H3/b16-11-,17-13+/t18-,21+,22+,23+/m1/s1.